The van der Waals surface area contributed by atoms with Crippen LogP contribution in [0.4, 0.5) is 5.69 Å². The first-order valence-electron chi connectivity index (χ1n) is 8.41. The number of hydrogen-bond acceptors (Lipinski definition) is 5. The predicted octanol–water partition coefficient (Wildman–Crippen LogP) is 2.35. The first-order chi connectivity index (χ1) is 12.4. The molecule has 0 saturated heterocycles. The standard InChI is InChI=1S/C18H23N3O4S/c1-2-16-8-9-17(21(22)23)14-18(16)26(24,25)20(13-11-19)12-10-15-6-4-3-5-7-15/h3-9,14H,2,10-13,19H2,1H3. The average Bonchev–Trinajstić information content (AvgIpc) is 2.65. The van der Waals surface area contributed by atoms with Crippen LogP contribution in [0.3, 0.4) is 0 Å². The molecule has 7 nitrogen and oxygen atoms in total. The van der Waals surface area contributed by atoms with Crippen LogP contribution in [-0.4, -0.2) is 37.3 Å². The Kier molecular flexibility index (Phi) is 6.84. The maximum atomic E-state index is 13.1. The molecule has 140 valence electrons. The Labute approximate surface area is 153 Å². The van der Waals surface area contributed by atoms with Crippen molar-refractivity contribution < 1.29 is 13.3 Å². The second-order valence-electron chi connectivity index (χ2n) is 5.83. The van der Waals surface area contributed by atoms with E-state index in [1.54, 1.807) is 0 Å². The fraction of sp³-hybridized carbons (Fsp3) is 0.333. The van der Waals surface area contributed by atoms with Gasteiger partial charge in [-0.05, 0) is 24.0 Å². The van der Waals surface area contributed by atoms with Crippen molar-refractivity contribution in [2.24, 2.45) is 5.73 Å². The molecule has 26 heavy (non-hydrogen) atoms. The van der Waals surface area contributed by atoms with Crippen LogP contribution in [0, 0.1) is 10.1 Å². The van der Waals surface area contributed by atoms with E-state index in [-0.39, 0.29) is 30.2 Å². The van der Waals surface area contributed by atoms with Crippen molar-refractivity contribution in [3.05, 3.63) is 69.8 Å². The lowest BCUT2D eigenvalue weighted by Gasteiger charge is -2.23. The topological polar surface area (TPSA) is 107 Å². The molecule has 0 amide bonds. The SMILES string of the molecule is CCc1ccc([N+](=O)[O-])cc1S(=O)(=O)N(CCN)CCc1ccccc1. The summed E-state index contributed by atoms with van der Waals surface area (Å²) in [6.07, 6.45) is 0.998. The fourth-order valence-corrected chi connectivity index (χ4v) is 4.49. The maximum Gasteiger partial charge on any atom is 0.270 e. The highest BCUT2D eigenvalue weighted by Crippen LogP contribution is 2.26. The van der Waals surface area contributed by atoms with Gasteiger partial charge < -0.3 is 5.73 Å². The summed E-state index contributed by atoms with van der Waals surface area (Å²) in [6.45, 7) is 2.40. The van der Waals surface area contributed by atoms with Gasteiger partial charge >= 0.3 is 0 Å². The summed E-state index contributed by atoms with van der Waals surface area (Å²) in [5, 5.41) is 11.1. The van der Waals surface area contributed by atoms with Gasteiger partial charge in [-0.3, -0.25) is 10.1 Å². The molecule has 0 bridgehead atoms. The van der Waals surface area contributed by atoms with Crippen molar-refractivity contribution in [1.82, 2.24) is 4.31 Å². The Morgan fingerprint density at radius 2 is 1.81 bits per heavy atom. The van der Waals surface area contributed by atoms with E-state index in [4.69, 9.17) is 5.73 Å². The number of nitrogens with two attached hydrogens (primary N) is 1. The zero-order valence-electron chi connectivity index (χ0n) is 14.7. The number of aryl methyl sites for hydroxylation is 1. The first kappa shape index (κ1) is 20.0. The van der Waals surface area contributed by atoms with Crippen LogP contribution in [0.25, 0.3) is 0 Å². The second-order valence-corrected chi connectivity index (χ2v) is 7.74. The van der Waals surface area contributed by atoms with Crippen LogP contribution >= 0.6 is 0 Å². The normalized spacial score (nSPS) is 11.7. The number of nitro benzene ring substituents is 1. The third-order valence-electron chi connectivity index (χ3n) is 4.13. The average molecular weight is 377 g/mol. The van der Waals surface area contributed by atoms with E-state index >= 15 is 0 Å². The Hall–Kier alpha value is -2.29. The fourth-order valence-electron chi connectivity index (χ4n) is 2.72. The van der Waals surface area contributed by atoms with E-state index in [0.29, 0.717) is 18.4 Å². The molecule has 8 heteroatoms. The van der Waals surface area contributed by atoms with Crippen molar-refractivity contribution in [2.75, 3.05) is 19.6 Å². The molecular formula is C18H23N3O4S. The Morgan fingerprint density at radius 1 is 1.12 bits per heavy atom. The Morgan fingerprint density at radius 3 is 2.38 bits per heavy atom. The summed E-state index contributed by atoms with van der Waals surface area (Å²) in [5.41, 5.74) is 6.93. The maximum absolute atomic E-state index is 13.1. The van der Waals surface area contributed by atoms with Crippen molar-refractivity contribution in [2.45, 2.75) is 24.7 Å². The molecule has 0 spiro atoms. The molecule has 2 aromatic carbocycles. The lowest BCUT2D eigenvalue weighted by Crippen LogP contribution is -2.37. The summed E-state index contributed by atoms with van der Waals surface area (Å²) in [6, 6.07) is 13.5. The van der Waals surface area contributed by atoms with Gasteiger partial charge in [-0.25, -0.2) is 8.42 Å². The minimum atomic E-state index is -3.88. The zero-order valence-corrected chi connectivity index (χ0v) is 15.5. The largest absolute Gasteiger partial charge is 0.329 e. The van der Waals surface area contributed by atoms with Gasteiger partial charge in [0, 0.05) is 31.8 Å². The number of hydrogen-bond donors (Lipinski definition) is 1. The van der Waals surface area contributed by atoms with E-state index in [0.717, 1.165) is 11.6 Å². The molecule has 0 aliphatic rings. The Balaban J connectivity index is 2.37. The Bertz CT molecular complexity index is 854. The smallest absolute Gasteiger partial charge is 0.270 e. The summed E-state index contributed by atoms with van der Waals surface area (Å²) in [5.74, 6) is 0. The number of sulfonamides is 1. The highest BCUT2D eigenvalue weighted by Gasteiger charge is 2.28. The van der Waals surface area contributed by atoms with Crippen LogP contribution < -0.4 is 5.73 Å². The molecule has 0 fully saturated rings. The van der Waals surface area contributed by atoms with Gasteiger partial charge in [0.25, 0.3) is 5.69 Å². The van der Waals surface area contributed by atoms with Gasteiger partial charge in [-0.1, -0.05) is 43.3 Å². The van der Waals surface area contributed by atoms with Crippen LogP contribution in [0.2, 0.25) is 0 Å². The third kappa shape index (κ3) is 4.66. The second kappa shape index (κ2) is 8.88. The van der Waals surface area contributed by atoms with Crippen LogP contribution in [-0.2, 0) is 22.9 Å². The van der Waals surface area contributed by atoms with Crippen LogP contribution in [0.15, 0.2) is 53.4 Å². The van der Waals surface area contributed by atoms with E-state index < -0.39 is 14.9 Å². The van der Waals surface area contributed by atoms with Gasteiger partial charge in [0.1, 0.15) is 0 Å². The molecule has 0 radical (unpaired) electrons. The minimum Gasteiger partial charge on any atom is -0.329 e. The van der Waals surface area contributed by atoms with Gasteiger partial charge in [0.2, 0.25) is 10.0 Å². The summed E-state index contributed by atoms with van der Waals surface area (Å²) in [7, 11) is -3.88. The van der Waals surface area contributed by atoms with Crippen molar-refractivity contribution in [3.8, 4) is 0 Å². The van der Waals surface area contributed by atoms with E-state index in [2.05, 4.69) is 0 Å². The molecule has 0 atom stereocenters. The number of non-ortho nitro benzene ring substituents is 1. The number of nitro groups is 1. The highest BCUT2D eigenvalue weighted by atomic mass is 32.2. The highest BCUT2D eigenvalue weighted by molar-refractivity contribution is 7.89. The third-order valence-corrected chi connectivity index (χ3v) is 6.11. The monoisotopic (exact) mass is 377 g/mol. The number of rotatable bonds is 9. The van der Waals surface area contributed by atoms with E-state index in [1.165, 1.54) is 16.4 Å². The quantitative estimate of drug-likeness (QED) is 0.533. The summed E-state index contributed by atoms with van der Waals surface area (Å²) < 4.78 is 27.6. The molecule has 0 unspecified atom stereocenters. The lowest BCUT2D eigenvalue weighted by atomic mass is 10.1. The number of benzene rings is 2. The molecule has 2 N–H and O–H groups in total. The van der Waals surface area contributed by atoms with Crippen molar-refractivity contribution >= 4 is 15.7 Å². The molecule has 0 aromatic heterocycles. The van der Waals surface area contributed by atoms with Gasteiger partial charge in [0.05, 0.1) is 9.82 Å². The minimum absolute atomic E-state index is 0.0179. The molecule has 0 aliphatic carbocycles. The van der Waals surface area contributed by atoms with Crippen LogP contribution in [0.1, 0.15) is 18.1 Å². The number of nitrogens with zero attached hydrogens (tertiary/aromatic N) is 2. The summed E-state index contributed by atoms with van der Waals surface area (Å²) in [4.78, 5) is 10.5. The molecule has 0 aliphatic heterocycles. The van der Waals surface area contributed by atoms with Gasteiger partial charge in [-0.15, -0.1) is 0 Å². The molecule has 2 aromatic rings. The van der Waals surface area contributed by atoms with Gasteiger partial charge in [0.15, 0.2) is 0 Å². The van der Waals surface area contributed by atoms with E-state index in [9.17, 15) is 18.5 Å². The first-order valence-corrected chi connectivity index (χ1v) is 9.85. The summed E-state index contributed by atoms with van der Waals surface area (Å²) >= 11 is 0. The van der Waals surface area contributed by atoms with Crippen LogP contribution in [0.5, 0.6) is 0 Å². The molecular weight excluding hydrogens is 354 g/mol. The zero-order chi connectivity index (χ0) is 19.2. The van der Waals surface area contributed by atoms with Crippen molar-refractivity contribution in [1.29, 1.82) is 0 Å². The molecule has 0 saturated carbocycles. The molecule has 0 heterocycles. The van der Waals surface area contributed by atoms with E-state index in [1.807, 2.05) is 37.3 Å². The van der Waals surface area contributed by atoms with Crippen molar-refractivity contribution in [3.63, 3.8) is 0 Å². The van der Waals surface area contributed by atoms with Gasteiger partial charge in [-0.2, -0.15) is 4.31 Å². The lowest BCUT2D eigenvalue weighted by molar-refractivity contribution is -0.385. The predicted molar refractivity (Wildman–Crippen MR) is 100 cm³/mol. The molecule has 2 rings (SSSR count).